The summed E-state index contributed by atoms with van der Waals surface area (Å²) in [5, 5.41) is 0. The van der Waals surface area contributed by atoms with E-state index in [1.807, 2.05) is 48.7 Å². The lowest BCUT2D eigenvalue weighted by atomic mass is 9.63. The topological polar surface area (TPSA) is 54.4 Å². The first-order valence-electron chi connectivity index (χ1n) is 9.98. The van der Waals surface area contributed by atoms with Gasteiger partial charge in [-0.3, -0.25) is 9.79 Å². The molecule has 2 aromatic rings. The van der Waals surface area contributed by atoms with Crippen LogP contribution in [0.3, 0.4) is 0 Å². The summed E-state index contributed by atoms with van der Waals surface area (Å²) in [5.74, 6) is 1.12. The molecule has 1 N–H and O–H groups in total. The van der Waals surface area contributed by atoms with E-state index in [4.69, 9.17) is 9.73 Å². The second-order valence-corrected chi connectivity index (χ2v) is 7.73. The molecule has 2 aliphatic carbocycles. The Balaban J connectivity index is 1.72. The largest absolute Gasteiger partial charge is 0.497 e. The Bertz CT molecular complexity index is 1090. The number of nitrogens with zero attached hydrogens (tertiary/aromatic N) is 1. The summed E-state index contributed by atoms with van der Waals surface area (Å²) in [4.78, 5) is 20.0. The van der Waals surface area contributed by atoms with E-state index in [9.17, 15) is 4.79 Å². The summed E-state index contributed by atoms with van der Waals surface area (Å²) in [6.07, 6.45) is 12.1. The fourth-order valence-electron chi connectivity index (χ4n) is 4.69. The van der Waals surface area contributed by atoms with Gasteiger partial charge in [0.25, 0.3) is 0 Å². The lowest BCUT2D eigenvalue weighted by Crippen LogP contribution is -2.40. The van der Waals surface area contributed by atoms with E-state index in [2.05, 4.69) is 31.0 Å². The smallest absolute Gasteiger partial charge is 0.248 e. The average molecular weight is 386 g/mol. The predicted molar refractivity (Wildman–Crippen MR) is 119 cm³/mol. The number of aromatic amines is 1. The highest BCUT2D eigenvalue weighted by Gasteiger charge is 2.46. The Morgan fingerprint density at radius 3 is 2.72 bits per heavy atom. The van der Waals surface area contributed by atoms with Gasteiger partial charge < -0.3 is 9.72 Å². The third kappa shape index (κ3) is 3.51. The molecule has 29 heavy (non-hydrogen) atoms. The van der Waals surface area contributed by atoms with Gasteiger partial charge in [-0.1, -0.05) is 35.9 Å². The number of aromatic nitrogens is 1. The lowest BCUT2D eigenvalue weighted by molar-refractivity contribution is 0.413. The zero-order chi connectivity index (χ0) is 20.4. The molecule has 4 heteroatoms. The third-order valence-corrected chi connectivity index (χ3v) is 5.86. The van der Waals surface area contributed by atoms with E-state index >= 15 is 0 Å². The number of nitrogens with one attached hydrogen (secondary N) is 1. The molecule has 1 aromatic carbocycles. The second kappa shape index (κ2) is 7.70. The average Bonchev–Trinajstić information content (AvgIpc) is 2.71. The molecule has 0 spiro atoms. The van der Waals surface area contributed by atoms with Crippen LogP contribution in [0.2, 0.25) is 0 Å². The van der Waals surface area contributed by atoms with Crippen molar-refractivity contribution in [2.75, 3.05) is 7.11 Å². The summed E-state index contributed by atoms with van der Waals surface area (Å²) < 4.78 is 5.21. The van der Waals surface area contributed by atoms with Crippen LogP contribution in [-0.4, -0.2) is 18.3 Å². The second-order valence-electron chi connectivity index (χ2n) is 7.73. The number of rotatable bonds is 4. The fraction of sp³-hybridized carbons (Fsp3) is 0.280. The number of ether oxygens (including phenoxy) is 1. The van der Waals surface area contributed by atoms with Crippen LogP contribution < -0.4 is 10.3 Å². The van der Waals surface area contributed by atoms with Gasteiger partial charge in [-0.2, -0.15) is 0 Å². The van der Waals surface area contributed by atoms with Gasteiger partial charge in [-0.15, -0.1) is 0 Å². The van der Waals surface area contributed by atoms with Crippen LogP contribution in [0.5, 0.6) is 5.75 Å². The minimum Gasteiger partial charge on any atom is -0.497 e. The Labute approximate surface area is 171 Å². The molecule has 4 nitrogen and oxygen atoms in total. The first kappa shape index (κ1) is 19.2. The summed E-state index contributed by atoms with van der Waals surface area (Å²) in [7, 11) is 1.67. The minimum absolute atomic E-state index is 0.0509. The monoisotopic (exact) mass is 386 g/mol. The number of aliphatic imine (C=N–C) groups is 1. The minimum atomic E-state index is -0.444. The first-order valence-corrected chi connectivity index (χ1v) is 9.98. The van der Waals surface area contributed by atoms with Gasteiger partial charge >= 0.3 is 0 Å². The van der Waals surface area contributed by atoms with E-state index in [-0.39, 0.29) is 11.5 Å². The number of pyridine rings is 1. The molecule has 0 unspecified atom stereocenters. The Morgan fingerprint density at radius 1 is 1.21 bits per heavy atom. The van der Waals surface area contributed by atoms with E-state index in [1.165, 1.54) is 11.1 Å². The zero-order valence-corrected chi connectivity index (χ0v) is 17.1. The van der Waals surface area contributed by atoms with Crippen LogP contribution in [0, 0.1) is 5.92 Å². The zero-order valence-electron chi connectivity index (χ0n) is 17.1. The van der Waals surface area contributed by atoms with Gasteiger partial charge in [0.05, 0.1) is 7.11 Å². The van der Waals surface area contributed by atoms with Gasteiger partial charge in [0.1, 0.15) is 11.3 Å². The van der Waals surface area contributed by atoms with Gasteiger partial charge in [0.15, 0.2) is 0 Å². The number of methoxy groups -OCH3 is 1. The number of H-pyrrole nitrogens is 1. The molecule has 0 amide bonds. The van der Waals surface area contributed by atoms with E-state index in [1.54, 1.807) is 13.2 Å². The number of allylic oxidation sites excluding steroid dienone is 3. The number of hydrogen-bond acceptors (Lipinski definition) is 3. The van der Waals surface area contributed by atoms with Crippen molar-refractivity contribution in [1.82, 2.24) is 4.98 Å². The van der Waals surface area contributed by atoms with Crippen molar-refractivity contribution >= 4 is 12.3 Å². The highest BCUT2D eigenvalue weighted by Crippen LogP contribution is 2.51. The Kier molecular flexibility index (Phi) is 5.10. The van der Waals surface area contributed by atoms with E-state index in [0.717, 1.165) is 35.4 Å². The molecule has 0 saturated heterocycles. The molecule has 2 aliphatic rings. The van der Waals surface area contributed by atoms with Crippen molar-refractivity contribution in [2.45, 2.75) is 32.2 Å². The van der Waals surface area contributed by atoms with E-state index < -0.39 is 5.54 Å². The van der Waals surface area contributed by atoms with Gasteiger partial charge in [-0.05, 0) is 55.7 Å². The van der Waals surface area contributed by atoms with Crippen LogP contribution in [0.25, 0.3) is 6.08 Å². The van der Waals surface area contributed by atoms with Gasteiger partial charge in [0, 0.05) is 35.9 Å². The molecular weight excluding hydrogens is 360 g/mol. The highest BCUT2D eigenvalue weighted by molar-refractivity contribution is 5.79. The Hall–Kier alpha value is -3.14. The molecule has 2 atom stereocenters. The quantitative estimate of drug-likeness (QED) is 0.604. The lowest BCUT2D eigenvalue weighted by Gasteiger charge is -2.45. The molecule has 1 heterocycles. The summed E-state index contributed by atoms with van der Waals surface area (Å²) in [6, 6.07) is 11.5. The summed E-state index contributed by atoms with van der Waals surface area (Å²) in [6.45, 7) is 4.26. The molecule has 0 aliphatic heterocycles. The van der Waals surface area contributed by atoms with Crippen molar-refractivity contribution < 1.29 is 4.74 Å². The molecule has 148 valence electrons. The van der Waals surface area contributed by atoms with Crippen LogP contribution >= 0.6 is 0 Å². The summed E-state index contributed by atoms with van der Waals surface area (Å²) >= 11 is 0. The molecular formula is C25H26N2O2. The SMILES string of the molecule is CC=C1[C@H]2C=C(C)C[C@]1(N=CC=Cc1ccc(OC)cc1)c1ccc(=O)[nH]c1C2. The Morgan fingerprint density at radius 2 is 2.00 bits per heavy atom. The normalized spacial score (nSPS) is 24.7. The van der Waals surface area contributed by atoms with E-state index in [0.29, 0.717) is 0 Å². The van der Waals surface area contributed by atoms with Crippen molar-refractivity contribution in [3.05, 3.63) is 92.9 Å². The van der Waals surface area contributed by atoms with Gasteiger partial charge in [-0.25, -0.2) is 0 Å². The van der Waals surface area contributed by atoms with Crippen molar-refractivity contribution in [3.63, 3.8) is 0 Å². The van der Waals surface area contributed by atoms with Crippen molar-refractivity contribution in [1.29, 1.82) is 0 Å². The molecule has 2 bridgehead atoms. The molecule has 0 radical (unpaired) electrons. The molecule has 1 aromatic heterocycles. The van der Waals surface area contributed by atoms with Crippen molar-refractivity contribution in [3.8, 4) is 5.75 Å². The number of fused-ring (bicyclic) bond motifs is 4. The maximum atomic E-state index is 11.9. The summed E-state index contributed by atoms with van der Waals surface area (Å²) in [5.41, 5.74) is 5.37. The maximum Gasteiger partial charge on any atom is 0.248 e. The van der Waals surface area contributed by atoms with Crippen LogP contribution in [-0.2, 0) is 12.0 Å². The predicted octanol–water partition coefficient (Wildman–Crippen LogP) is 4.83. The number of hydrogen-bond donors (Lipinski definition) is 1. The fourth-order valence-corrected chi connectivity index (χ4v) is 4.69. The molecule has 0 fully saturated rings. The van der Waals surface area contributed by atoms with Gasteiger partial charge in [0.2, 0.25) is 5.56 Å². The maximum absolute atomic E-state index is 11.9. The van der Waals surface area contributed by atoms with Crippen LogP contribution in [0.4, 0.5) is 0 Å². The third-order valence-electron chi connectivity index (χ3n) is 5.86. The van der Waals surface area contributed by atoms with Crippen LogP contribution in [0.1, 0.15) is 37.1 Å². The first-order chi connectivity index (χ1) is 14.1. The van der Waals surface area contributed by atoms with Crippen LogP contribution in [0.15, 0.2) is 75.6 Å². The molecule has 4 rings (SSSR count). The molecule has 0 saturated carbocycles. The number of benzene rings is 1. The highest BCUT2D eigenvalue weighted by atomic mass is 16.5. The van der Waals surface area contributed by atoms with Crippen molar-refractivity contribution in [2.24, 2.45) is 10.9 Å². The standard InChI is InChI=1S/C25H26N2O2/c1-4-21-19-14-17(2)16-25(21,22-11-12-24(28)27-23(22)15-19)26-13-5-6-18-7-9-20(29-3)10-8-18/h4-14,19H,15-16H2,1-3H3,(H,27,28)/t19-,25+/m0/s1.